The van der Waals surface area contributed by atoms with Crippen LogP contribution in [0.5, 0.6) is 0 Å². The summed E-state index contributed by atoms with van der Waals surface area (Å²) in [6, 6.07) is 6.76. The highest BCUT2D eigenvalue weighted by Crippen LogP contribution is 2.35. The van der Waals surface area contributed by atoms with E-state index in [0.717, 1.165) is 10.6 Å². The Bertz CT molecular complexity index is 1010. The van der Waals surface area contributed by atoms with Crippen LogP contribution in [0.1, 0.15) is 39.8 Å². The Hall–Kier alpha value is -2.68. The van der Waals surface area contributed by atoms with Gasteiger partial charge in [-0.1, -0.05) is 18.2 Å². The van der Waals surface area contributed by atoms with Gasteiger partial charge in [0.1, 0.15) is 11.8 Å². The summed E-state index contributed by atoms with van der Waals surface area (Å²) in [5.74, 6) is -1.20. The molecule has 3 rings (SSSR count). The number of benzene rings is 1. The molecule has 0 aliphatic carbocycles. The Morgan fingerprint density at radius 3 is 2.54 bits per heavy atom. The molecule has 0 N–H and O–H groups in total. The molecule has 2 aromatic rings. The van der Waals surface area contributed by atoms with Crippen molar-refractivity contribution in [3.63, 3.8) is 0 Å². The van der Waals surface area contributed by atoms with E-state index < -0.39 is 28.0 Å². The lowest BCUT2D eigenvalue weighted by atomic mass is 10.0. The van der Waals surface area contributed by atoms with Crippen LogP contribution in [0.3, 0.4) is 0 Å². The fraction of sp³-hybridized carbons (Fsp3) is 0.353. The molecule has 1 atom stereocenters. The van der Waals surface area contributed by atoms with Crippen molar-refractivity contribution in [2.75, 3.05) is 10.6 Å². The third-order valence-electron chi connectivity index (χ3n) is 4.37. The highest BCUT2D eigenvalue weighted by molar-refractivity contribution is 7.92. The minimum Gasteiger partial charge on any atom is -0.453 e. The number of hydrogen-bond donors (Lipinski definition) is 0. The van der Waals surface area contributed by atoms with E-state index >= 15 is 0 Å². The number of ether oxygens (including phenoxy) is 1. The van der Waals surface area contributed by atoms with Crippen molar-refractivity contribution in [3.8, 4) is 0 Å². The molecular formula is C17H19N3O5S. The maximum absolute atomic E-state index is 12.9. The van der Waals surface area contributed by atoms with E-state index in [0.29, 0.717) is 22.5 Å². The highest BCUT2D eigenvalue weighted by Gasteiger charge is 2.37. The number of carbonyl (C=O) groups is 2. The number of carbonyl (C=O) groups excluding carboxylic acids is 2. The number of amides is 1. The number of fused-ring (bicyclic) bond motifs is 1. The maximum Gasteiger partial charge on any atom is 0.339 e. The summed E-state index contributed by atoms with van der Waals surface area (Å²) in [6.45, 7) is 3.32. The van der Waals surface area contributed by atoms with Crippen LogP contribution in [0.15, 0.2) is 24.3 Å². The number of aryl methyl sites for hydroxylation is 2. The van der Waals surface area contributed by atoms with Gasteiger partial charge in [-0.15, -0.1) is 0 Å². The molecule has 0 radical (unpaired) electrons. The van der Waals surface area contributed by atoms with Gasteiger partial charge in [0.25, 0.3) is 0 Å². The summed E-state index contributed by atoms with van der Waals surface area (Å²) in [7, 11) is -2.22. The van der Waals surface area contributed by atoms with E-state index in [4.69, 9.17) is 4.74 Å². The zero-order valence-electron chi connectivity index (χ0n) is 14.9. The van der Waals surface area contributed by atoms with Crippen molar-refractivity contribution in [1.82, 2.24) is 9.78 Å². The molecule has 1 aromatic heterocycles. The van der Waals surface area contributed by atoms with Gasteiger partial charge in [0.15, 0.2) is 0 Å². The second kappa shape index (κ2) is 6.24. The molecular weight excluding hydrogens is 358 g/mol. The number of cyclic esters (lactones) is 1. The van der Waals surface area contributed by atoms with Gasteiger partial charge in [0, 0.05) is 12.6 Å². The number of hydrogen-bond acceptors (Lipinski definition) is 6. The van der Waals surface area contributed by atoms with Crippen LogP contribution in [-0.4, -0.2) is 36.3 Å². The van der Waals surface area contributed by atoms with E-state index in [1.807, 2.05) is 0 Å². The van der Waals surface area contributed by atoms with E-state index in [2.05, 4.69) is 5.10 Å². The van der Waals surface area contributed by atoms with Crippen molar-refractivity contribution < 1.29 is 22.7 Å². The topological polar surface area (TPSA) is 98.6 Å². The second-order valence-electron chi connectivity index (χ2n) is 6.25. The Labute approximate surface area is 151 Å². The van der Waals surface area contributed by atoms with Crippen LogP contribution in [0.2, 0.25) is 0 Å². The van der Waals surface area contributed by atoms with Gasteiger partial charge in [-0.2, -0.15) is 5.10 Å². The molecule has 1 aliphatic rings. The number of nitrogens with zero attached hydrogens (tertiary/aromatic N) is 3. The molecule has 138 valence electrons. The van der Waals surface area contributed by atoms with Crippen molar-refractivity contribution in [1.29, 1.82) is 0 Å². The number of aromatic nitrogens is 2. The monoisotopic (exact) mass is 377 g/mol. The molecule has 26 heavy (non-hydrogen) atoms. The van der Waals surface area contributed by atoms with Crippen molar-refractivity contribution >= 4 is 27.6 Å². The van der Waals surface area contributed by atoms with Gasteiger partial charge in [-0.05, 0) is 19.9 Å². The van der Waals surface area contributed by atoms with Gasteiger partial charge in [-0.25, -0.2) is 17.5 Å². The van der Waals surface area contributed by atoms with E-state index in [9.17, 15) is 18.0 Å². The molecule has 2 heterocycles. The fourth-order valence-corrected chi connectivity index (χ4v) is 4.19. The zero-order chi connectivity index (χ0) is 19.2. The smallest absolute Gasteiger partial charge is 0.339 e. The molecule has 1 unspecified atom stereocenters. The molecule has 1 aromatic carbocycles. The molecule has 1 amide bonds. The summed E-state index contributed by atoms with van der Waals surface area (Å²) in [6.07, 6.45) is -0.123. The first kappa shape index (κ1) is 18.1. The van der Waals surface area contributed by atoms with E-state index in [1.54, 1.807) is 45.2 Å². The summed E-state index contributed by atoms with van der Waals surface area (Å²) < 4.78 is 32.2. The second-order valence-corrected chi connectivity index (χ2v) is 8.08. The van der Waals surface area contributed by atoms with Crippen LogP contribution in [0.25, 0.3) is 0 Å². The number of sulfonamides is 1. The molecule has 0 fully saturated rings. The standard InChI is InChI=1S/C17H19N3O5S/c1-10-16(11(2)19(3)18-10)20(26(4,23)24)15(21)9-14-12-7-5-6-8-13(12)17(22)25-14/h5-8,14H,9H2,1-4H3. The molecule has 9 heteroatoms. The minimum absolute atomic E-state index is 0.234. The minimum atomic E-state index is -3.89. The third kappa shape index (κ3) is 2.98. The van der Waals surface area contributed by atoms with Gasteiger partial charge < -0.3 is 4.74 Å². The predicted octanol–water partition coefficient (Wildman–Crippen LogP) is 1.63. The van der Waals surface area contributed by atoms with Crippen molar-refractivity contribution in [3.05, 3.63) is 46.8 Å². The summed E-state index contributed by atoms with van der Waals surface area (Å²) in [5.41, 5.74) is 2.18. The van der Waals surface area contributed by atoms with Gasteiger partial charge in [0.2, 0.25) is 15.9 Å². The molecule has 0 saturated carbocycles. The fourth-order valence-electron chi connectivity index (χ4n) is 3.14. The molecule has 0 saturated heterocycles. The first-order valence-electron chi connectivity index (χ1n) is 7.94. The van der Waals surface area contributed by atoms with E-state index in [-0.39, 0.29) is 12.1 Å². The normalized spacial score (nSPS) is 16.3. The predicted molar refractivity (Wildman–Crippen MR) is 94.2 cm³/mol. The highest BCUT2D eigenvalue weighted by atomic mass is 32.2. The van der Waals surface area contributed by atoms with Crippen LogP contribution >= 0.6 is 0 Å². The van der Waals surface area contributed by atoms with Crippen LogP contribution in [0, 0.1) is 13.8 Å². The lowest BCUT2D eigenvalue weighted by Crippen LogP contribution is -2.37. The van der Waals surface area contributed by atoms with Crippen LogP contribution in [0.4, 0.5) is 5.69 Å². The first-order valence-corrected chi connectivity index (χ1v) is 9.79. The van der Waals surface area contributed by atoms with Gasteiger partial charge in [-0.3, -0.25) is 9.48 Å². The number of anilines is 1. The van der Waals surface area contributed by atoms with E-state index in [1.165, 1.54) is 4.68 Å². The Morgan fingerprint density at radius 1 is 1.31 bits per heavy atom. The first-order chi connectivity index (χ1) is 12.1. The van der Waals surface area contributed by atoms with Crippen molar-refractivity contribution in [2.24, 2.45) is 7.05 Å². The molecule has 0 spiro atoms. The lowest BCUT2D eigenvalue weighted by molar-refractivity contribution is -0.119. The van der Waals surface area contributed by atoms with Crippen molar-refractivity contribution in [2.45, 2.75) is 26.4 Å². The molecule has 1 aliphatic heterocycles. The zero-order valence-corrected chi connectivity index (χ0v) is 15.7. The average molecular weight is 377 g/mol. The summed E-state index contributed by atoms with van der Waals surface area (Å²) in [4.78, 5) is 24.8. The Morgan fingerprint density at radius 2 is 1.96 bits per heavy atom. The quantitative estimate of drug-likeness (QED) is 0.751. The number of esters is 1. The van der Waals surface area contributed by atoms with Gasteiger partial charge >= 0.3 is 5.97 Å². The number of rotatable bonds is 4. The van der Waals surface area contributed by atoms with Crippen LogP contribution < -0.4 is 4.31 Å². The maximum atomic E-state index is 12.9. The van der Waals surface area contributed by atoms with Crippen LogP contribution in [-0.2, 0) is 26.6 Å². The van der Waals surface area contributed by atoms with Gasteiger partial charge in [0.05, 0.1) is 29.6 Å². The summed E-state index contributed by atoms with van der Waals surface area (Å²) >= 11 is 0. The SMILES string of the molecule is Cc1nn(C)c(C)c1N(C(=O)CC1OC(=O)c2ccccc21)S(C)(=O)=O. The molecule has 0 bridgehead atoms. The summed E-state index contributed by atoms with van der Waals surface area (Å²) in [5, 5.41) is 4.18. The Kier molecular flexibility index (Phi) is 4.35. The Balaban J connectivity index is 1.97. The molecule has 8 nitrogen and oxygen atoms in total. The lowest BCUT2D eigenvalue weighted by Gasteiger charge is -2.22. The third-order valence-corrected chi connectivity index (χ3v) is 5.42. The largest absolute Gasteiger partial charge is 0.453 e. The average Bonchev–Trinajstić information content (AvgIpc) is 2.98.